The number of amides is 1. The summed E-state index contributed by atoms with van der Waals surface area (Å²) in [7, 11) is 1.55. The van der Waals surface area contributed by atoms with Gasteiger partial charge in [0, 0.05) is 12.1 Å². The molecule has 1 N–H and O–H groups in total. The molecule has 0 aliphatic carbocycles. The van der Waals surface area contributed by atoms with E-state index < -0.39 is 17.7 Å². The molecule has 0 bridgehead atoms. The molecule has 0 radical (unpaired) electrons. The van der Waals surface area contributed by atoms with Crippen LogP contribution in [0.15, 0.2) is 72.3 Å². The molecule has 43 heavy (non-hydrogen) atoms. The Hall–Kier alpha value is -4.30. The maximum absolute atomic E-state index is 13.5. The van der Waals surface area contributed by atoms with Crippen molar-refractivity contribution in [1.29, 1.82) is 0 Å². The number of likely N-dealkylation sites (tertiary alicyclic amines) is 1. The molecule has 1 aliphatic heterocycles. The largest absolute Gasteiger partial charge is 0.507 e. The fourth-order valence-electron chi connectivity index (χ4n) is 5.31. The van der Waals surface area contributed by atoms with Gasteiger partial charge in [-0.15, -0.1) is 0 Å². The standard InChI is InChI=1S/C35H42N2O6/c1-6-36(7-2)20-9-21-37-32(27-16-19-29(42-8-3)30(22-27)41-5)31(34(39)35(37)40)33(38)26-14-17-28(18-15-26)43-23-25-12-10-24(4)11-13-25/h10-19,22,32,38H,6-9,20-21,23H2,1-5H3/t32-/m1/s1. The van der Waals surface area contributed by atoms with Gasteiger partial charge >= 0.3 is 0 Å². The van der Waals surface area contributed by atoms with Gasteiger partial charge in [0.25, 0.3) is 11.7 Å². The minimum atomic E-state index is -0.779. The Morgan fingerprint density at radius 3 is 2.23 bits per heavy atom. The lowest BCUT2D eigenvalue weighted by molar-refractivity contribution is -0.140. The number of nitrogens with zero attached hydrogens (tertiary/aromatic N) is 2. The Kier molecular flexibility index (Phi) is 10.8. The molecule has 0 aromatic heterocycles. The highest BCUT2D eigenvalue weighted by atomic mass is 16.5. The van der Waals surface area contributed by atoms with Gasteiger partial charge in [-0.1, -0.05) is 49.7 Å². The van der Waals surface area contributed by atoms with Crippen molar-refractivity contribution in [2.75, 3.05) is 39.9 Å². The lowest BCUT2D eigenvalue weighted by atomic mass is 9.95. The number of aliphatic hydroxyl groups excluding tert-OH is 1. The van der Waals surface area contributed by atoms with Crippen LogP contribution in [0.25, 0.3) is 5.76 Å². The van der Waals surface area contributed by atoms with E-state index >= 15 is 0 Å². The van der Waals surface area contributed by atoms with E-state index in [9.17, 15) is 14.7 Å². The summed E-state index contributed by atoms with van der Waals surface area (Å²) in [6, 6.07) is 19.6. The zero-order chi connectivity index (χ0) is 30.9. The van der Waals surface area contributed by atoms with Crippen molar-refractivity contribution >= 4 is 17.4 Å². The van der Waals surface area contributed by atoms with Crippen LogP contribution in [0.1, 0.15) is 55.5 Å². The lowest BCUT2D eigenvalue weighted by Gasteiger charge is -2.27. The summed E-state index contributed by atoms with van der Waals surface area (Å²) >= 11 is 0. The number of ether oxygens (including phenoxy) is 3. The van der Waals surface area contributed by atoms with Gasteiger partial charge in [-0.3, -0.25) is 9.59 Å². The van der Waals surface area contributed by atoms with Crippen LogP contribution in [-0.4, -0.2) is 66.5 Å². The van der Waals surface area contributed by atoms with Gasteiger partial charge in [-0.2, -0.15) is 0 Å². The van der Waals surface area contributed by atoms with Crippen molar-refractivity contribution in [3.63, 3.8) is 0 Å². The number of rotatable bonds is 14. The number of Topliss-reactive ketones (excluding diaryl/α,β-unsaturated/α-hetero) is 1. The smallest absolute Gasteiger partial charge is 0.295 e. The summed E-state index contributed by atoms with van der Waals surface area (Å²) in [6.45, 7) is 11.9. The Labute approximate surface area is 254 Å². The highest BCUT2D eigenvalue weighted by molar-refractivity contribution is 6.46. The van der Waals surface area contributed by atoms with Crippen molar-refractivity contribution in [2.24, 2.45) is 0 Å². The molecule has 1 saturated heterocycles. The summed E-state index contributed by atoms with van der Waals surface area (Å²) in [5.74, 6) is 0.112. The van der Waals surface area contributed by atoms with E-state index in [4.69, 9.17) is 14.2 Å². The zero-order valence-electron chi connectivity index (χ0n) is 25.8. The van der Waals surface area contributed by atoms with Crippen LogP contribution >= 0.6 is 0 Å². The molecule has 1 atom stereocenters. The van der Waals surface area contributed by atoms with Gasteiger partial charge in [0.1, 0.15) is 18.1 Å². The fraction of sp³-hybridized carbons (Fsp3) is 0.371. The minimum absolute atomic E-state index is 0.0485. The van der Waals surface area contributed by atoms with E-state index in [1.54, 1.807) is 48.4 Å². The van der Waals surface area contributed by atoms with E-state index in [2.05, 4.69) is 18.7 Å². The average molecular weight is 587 g/mol. The first-order valence-electron chi connectivity index (χ1n) is 14.9. The predicted molar refractivity (Wildman–Crippen MR) is 168 cm³/mol. The molecule has 0 spiro atoms. The van der Waals surface area contributed by atoms with E-state index in [1.807, 2.05) is 44.2 Å². The topological polar surface area (TPSA) is 88.5 Å². The number of aryl methyl sites for hydroxylation is 1. The molecule has 3 aromatic rings. The second kappa shape index (κ2) is 14.7. The molecule has 228 valence electrons. The molecule has 0 saturated carbocycles. The molecule has 1 fully saturated rings. The van der Waals surface area contributed by atoms with Crippen molar-refractivity contribution in [3.8, 4) is 17.2 Å². The first-order valence-corrected chi connectivity index (χ1v) is 14.9. The number of ketones is 1. The van der Waals surface area contributed by atoms with Gasteiger partial charge in [0.05, 0.1) is 25.3 Å². The number of hydrogen-bond donors (Lipinski definition) is 1. The van der Waals surface area contributed by atoms with Gasteiger partial charge < -0.3 is 29.1 Å². The molecule has 0 unspecified atom stereocenters. The highest BCUT2D eigenvalue weighted by Crippen LogP contribution is 2.42. The Balaban J connectivity index is 1.66. The Morgan fingerprint density at radius 1 is 0.907 bits per heavy atom. The second-order valence-electron chi connectivity index (χ2n) is 10.5. The first kappa shape index (κ1) is 31.6. The first-order chi connectivity index (χ1) is 20.8. The molecule has 1 amide bonds. The van der Waals surface area contributed by atoms with E-state index in [-0.39, 0.29) is 11.3 Å². The molecule has 8 nitrogen and oxygen atoms in total. The maximum Gasteiger partial charge on any atom is 0.295 e. The second-order valence-corrected chi connectivity index (χ2v) is 10.5. The number of carbonyl (C=O) groups is 2. The fourth-order valence-corrected chi connectivity index (χ4v) is 5.31. The summed E-state index contributed by atoms with van der Waals surface area (Å²) in [4.78, 5) is 30.7. The normalized spacial score (nSPS) is 16.1. The third kappa shape index (κ3) is 7.38. The van der Waals surface area contributed by atoms with E-state index in [0.29, 0.717) is 54.6 Å². The van der Waals surface area contributed by atoms with Crippen molar-refractivity contribution in [1.82, 2.24) is 9.80 Å². The number of hydrogen-bond acceptors (Lipinski definition) is 7. The SMILES string of the molecule is CCOc1ccc([C@@H]2C(=C(O)c3ccc(OCc4ccc(C)cc4)cc3)C(=O)C(=O)N2CCCN(CC)CC)cc1OC. The van der Waals surface area contributed by atoms with E-state index in [1.165, 1.54) is 5.56 Å². The Bertz CT molecular complexity index is 1430. The monoisotopic (exact) mass is 586 g/mol. The summed E-state index contributed by atoms with van der Waals surface area (Å²) in [5.41, 5.74) is 3.35. The summed E-state index contributed by atoms with van der Waals surface area (Å²) in [6.07, 6.45) is 0.687. The van der Waals surface area contributed by atoms with Crippen molar-refractivity contribution in [3.05, 3.63) is 94.6 Å². The van der Waals surface area contributed by atoms with Crippen LogP contribution in [-0.2, 0) is 16.2 Å². The number of methoxy groups -OCH3 is 1. The van der Waals surface area contributed by atoms with Crippen LogP contribution in [0.4, 0.5) is 0 Å². The number of carbonyl (C=O) groups excluding carboxylic acids is 2. The van der Waals surface area contributed by atoms with E-state index in [0.717, 1.165) is 25.2 Å². The minimum Gasteiger partial charge on any atom is -0.507 e. The van der Waals surface area contributed by atoms with Crippen LogP contribution in [0.3, 0.4) is 0 Å². The lowest BCUT2D eigenvalue weighted by Crippen LogP contribution is -2.33. The molecule has 1 aliphatic rings. The van der Waals surface area contributed by atoms with Gasteiger partial charge in [-0.05, 0) is 87.4 Å². The molecular weight excluding hydrogens is 544 g/mol. The number of benzene rings is 3. The highest BCUT2D eigenvalue weighted by Gasteiger charge is 2.46. The quantitative estimate of drug-likeness (QED) is 0.138. The van der Waals surface area contributed by atoms with Gasteiger partial charge in [0.15, 0.2) is 11.5 Å². The van der Waals surface area contributed by atoms with Crippen molar-refractivity contribution < 1.29 is 28.9 Å². The van der Waals surface area contributed by atoms with Crippen LogP contribution < -0.4 is 14.2 Å². The molecule has 3 aromatic carbocycles. The summed E-state index contributed by atoms with van der Waals surface area (Å²) < 4.78 is 17.2. The maximum atomic E-state index is 13.5. The van der Waals surface area contributed by atoms with Gasteiger partial charge in [0.2, 0.25) is 0 Å². The molecule has 8 heteroatoms. The van der Waals surface area contributed by atoms with Crippen LogP contribution in [0, 0.1) is 6.92 Å². The number of aliphatic hydroxyl groups is 1. The summed E-state index contributed by atoms with van der Waals surface area (Å²) in [5, 5.41) is 11.5. The van der Waals surface area contributed by atoms with Crippen LogP contribution in [0.2, 0.25) is 0 Å². The third-order valence-corrected chi connectivity index (χ3v) is 7.76. The molecule has 1 heterocycles. The predicted octanol–water partition coefficient (Wildman–Crippen LogP) is 6.13. The van der Waals surface area contributed by atoms with Gasteiger partial charge in [-0.25, -0.2) is 0 Å². The van der Waals surface area contributed by atoms with Crippen molar-refractivity contribution in [2.45, 2.75) is 46.8 Å². The molecular formula is C35H42N2O6. The zero-order valence-corrected chi connectivity index (χ0v) is 25.8. The van der Waals surface area contributed by atoms with Crippen LogP contribution in [0.5, 0.6) is 17.2 Å². The average Bonchev–Trinajstić information content (AvgIpc) is 3.28. The Morgan fingerprint density at radius 2 is 1.60 bits per heavy atom. The third-order valence-electron chi connectivity index (χ3n) is 7.76. The molecule has 4 rings (SSSR count).